The monoisotopic (exact) mass is 1110 g/mol. The van der Waals surface area contributed by atoms with Gasteiger partial charge in [0.25, 0.3) is 5.91 Å². The van der Waals surface area contributed by atoms with Crippen molar-refractivity contribution in [2.45, 2.75) is 172 Å². The van der Waals surface area contributed by atoms with Crippen LogP contribution < -0.4 is 37.6 Å². The van der Waals surface area contributed by atoms with Crippen LogP contribution in [0.25, 0.3) is 0 Å². The summed E-state index contributed by atoms with van der Waals surface area (Å²) in [6, 6.07) is -1.54. The fourth-order valence-electron chi connectivity index (χ4n) is 9.09. The number of aliphatic hydroxyl groups is 4. The fourth-order valence-corrected chi connectivity index (χ4v) is 9.09. The summed E-state index contributed by atoms with van der Waals surface area (Å²) in [7, 11) is 1.22. The number of phenols is 2. The van der Waals surface area contributed by atoms with Gasteiger partial charge in [0.15, 0.2) is 6.10 Å². The van der Waals surface area contributed by atoms with E-state index in [-0.39, 0.29) is 62.4 Å². The highest BCUT2D eigenvalue weighted by Gasteiger charge is 2.47. The molecule has 0 spiro atoms. The van der Waals surface area contributed by atoms with Crippen molar-refractivity contribution in [2.75, 3.05) is 13.7 Å². The molecule has 2 heterocycles. The molecule has 0 aliphatic carbocycles. The first-order valence-corrected chi connectivity index (χ1v) is 26.3. The third-order valence-corrected chi connectivity index (χ3v) is 13.9. The molecule has 4 rings (SSSR count). The van der Waals surface area contributed by atoms with Crippen molar-refractivity contribution in [1.82, 2.24) is 41.7 Å². The van der Waals surface area contributed by atoms with E-state index in [1.54, 1.807) is 39.8 Å². The number of aryl methyl sites for hydroxylation is 1. The van der Waals surface area contributed by atoms with E-state index in [0.717, 1.165) is 9.80 Å². The maximum atomic E-state index is 14.8. The lowest BCUT2D eigenvalue weighted by atomic mass is 9.95. The van der Waals surface area contributed by atoms with Crippen molar-refractivity contribution < 1.29 is 83.3 Å². The van der Waals surface area contributed by atoms with Crippen molar-refractivity contribution in [3.05, 3.63) is 59.7 Å². The quantitative estimate of drug-likeness (QED) is 0.0603. The van der Waals surface area contributed by atoms with Gasteiger partial charge < -0.3 is 82.8 Å². The van der Waals surface area contributed by atoms with Crippen LogP contribution in [0.2, 0.25) is 0 Å². The van der Waals surface area contributed by atoms with Crippen LogP contribution in [0.3, 0.4) is 0 Å². The van der Waals surface area contributed by atoms with Gasteiger partial charge in [0.1, 0.15) is 72.2 Å². The minimum absolute atomic E-state index is 0.0484. The van der Waals surface area contributed by atoms with Gasteiger partial charge in [-0.2, -0.15) is 0 Å². The number of primary amides is 1. The number of cyclic esters (lactones) is 1. The molecule has 26 nitrogen and oxygen atoms in total. The molecule has 2 aliphatic rings. The molecular weight excluding hydrogens is 1030 g/mol. The zero-order valence-corrected chi connectivity index (χ0v) is 45.4. The number of nitrogens with zero attached hydrogens (tertiary/aromatic N) is 2. The predicted octanol–water partition coefficient (Wildman–Crippen LogP) is -2.64. The highest BCUT2D eigenvalue weighted by atomic mass is 16.5. The topological polar surface area (TPSA) is 406 Å². The van der Waals surface area contributed by atoms with Crippen LogP contribution in [-0.4, -0.2) is 186 Å². The number of carbonyl (C=O) groups is 10. The lowest BCUT2D eigenvalue weighted by molar-refractivity contribution is -0.170. The van der Waals surface area contributed by atoms with Crippen LogP contribution >= 0.6 is 0 Å². The molecule has 2 aromatic rings. The number of nitrogens with one attached hydrogen (secondary N) is 6. The summed E-state index contributed by atoms with van der Waals surface area (Å²) in [5.41, 5.74) is 6.48. The second-order valence-electron chi connectivity index (χ2n) is 20.6. The van der Waals surface area contributed by atoms with Crippen molar-refractivity contribution >= 4 is 59.1 Å². The Morgan fingerprint density at radius 2 is 1.35 bits per heavy atom. The molecule has 13 atom stereocenters. The van der Waals surface area contributed by atoms with E-state index in [0.29, 0.717) is 11.1 Å². The summed E-state index contributed by atoms with van der Waals surface area (Å²) in [6.07, 6.45) is -8.60. The molecule has 0 unspecified atom stereocenters. The number of esters is 1. The van der Waals surface area contributed by atoms with E-state index in [2.05, 4.69) is 31.9 Å². The summed E-state index contributed by atoms with van der Waals surface area (Å²) < 4.78 is 5.91. The van der Waals surface area contributed by atoms with E-state index in [4.69, 9.17) is 10.5 Å². The van der Waals surface area contributed by atoms with Gasteiger partial charge in [-0.1, -0.05) is 58.4 Å². The summed E-state index contributed by atoms with van der Waals surface area (Å²) in [6.45, 7) is 8.12. The zero-order chi connectivity index (χ0) is 59.0. The van der Waals surface area contributed by atoms with E-state index in [9.17, 15) is 78.6 Å². The Balaban J connectivity index is 1.84. The standard InChI is InChI=1S/C53H77N9O17/c1-8-27(4)42-53(78)79-29(6)43(60-46(71)35(19-21-40(54)68)55-45(70)34(56-49(74)39(67)25-63)18-13-30-9-14-32(65)15-10-30)50(75)58-37(23-26(2)3)47(72)57-36-20-22-41(69)62(51(36)76)44(28(5)64)52(77)61(7)38(48(73)59-42)24-31-11-16-33(66)17-12-31/h9-12,14-17,26-29,34-39,41-44,63-67,69H,8,13,18-25H2,1-7H3,(H2,54,68)(H,55,70)(H,56,74)(H,57,72)(H,58,75)(H,59,73)(H,60,71)/t27-,28-,29+,34-,35-,36-,37-,38-,39+,41+,42-,43-,44-/m0/s1. The molecule has 2 bridgehead atoms. The molecule has 0 radical (unpaired) electrons. The van der Waals surface area contributed by atoms with Crippen molar-refractivity contribution in [3.63, 3.8) is 0 Å². The number of nitrogens with two attached hydrogens (primary N) is 1. The Kier molecular flexibility index (Phi) is 24.0. The SMILES string of the molecule is CC[C@H](C)[C@@H]1NC(=O)[C@H](Cc2ccc(O)cc2)N(C)C(=O)[C@H]([C@H](C)O)N2C(=O)[C@H](CC[C@H]2O)NC(=O)[C@H](CC(C)C)NC(=O)[C@@H](NC(=O)[C@H](CCC(N)=O)NC(=O)[C@H](CCc2ccc(O)cc2)NC(=O)[C@H](O)CO)[C@@H](C)OC1=O. The number of aromatic hydroxyl groups is 2. The summed E-state index contributed by atoms with van der Waals surface area (Å²) >= 11 is 0. The lowest BCUT2D eigenvalue weighted by Gasteiger charge is -2.43. The minimum Gasteiger partial charge on any atom is -0.508 e. The highest BCUT2D eigenvalue weighted by molar-refractivity contribution is 5.99. The number of hydrogen-bond acceptors (Lipinski definition) is 17. The number of phenolic OH excluding ortho intramolecular Hbond substituents is 2. The van der Waals surface area contributed by atoms with E-state index >= 15 is 0 Å². The van der Waals surface area contributed by atoms with Gasteiger partial charge in [0.05, 0.1) is 12.7 Å². The van der Waals surface area contributed by atoms with Crippen molar-refractivity contribution in [3.8, 4) is 11.5 Å². The van der Waals surface area contributed by atoms with Gasteiger partial charge in [0, 0.05) is 19.9 Å². The maximum Gasteiger partial charge on any atom is 0.329 e. The number of rotatable bonds is 20. The largest absolute Gasteiger partial charge is 0.508 e. The molecule has 0 saturated carbocycles. The molecule has 436 valence electrons. The number of ether oxygens (including phenoxy) is 1. The van der Waals surface area contributed by atoms with Gasteiger partial charge in [0.2, 0.25) is 47.3 Å². The molecule has 2 fully saturated rings. The Labute approximate surface area is 457 Å². The highest BCUT2D eigenvalue weighted by Crippen LogP contribution is 2.26. The molecular formula is C53H77N9O17. The number of piperidine rings is 1. The van der Waals surface area contributed by atoms with E-state index in [1.807, 2.05) is 0 Å². The number of likely N-dealkylation sites (N-methyl/N-ethyl adjacent to an activating group) is 1. The molecule has 2 aromatic carbocycles. The second-order valence-corrected chi connectivity index (χ2v) is 20.6. The number of aliphatic hydroxyl groups excluding tert-OH is 4. The minimum atomic E-state index is -1.96. The van der Waals surface area contributed by atoms with Crippen LogP contribution in [0.4, 0.5) is 0 Å². The van der Waals surface area contributed by atoms with E-state index in [1.165, 1.54) is 57.3 Å². The van der Waals surface area contributed by atoms with Gasteiger partial charge >= 0.3 is 5.97 Å². The first kappa shape index (κ1) is 64.1. The average Bonchev–Trinajstić information content (AvgIpc) is 3.40. The first-order valence-electron chi connectivity index (χ1n) is 26.3. The Hall–Kier alpha value is -7.42. The van der Waals surface area contributed by atoms with Gasteiger partial charge in [-0.15, -0.1) is 0 Å². The fraction of sp³-hybridized carbons (Fsp3) is 0.585. The van der Waals surface area contributed by atoms with E-state index < -0.39 is 157 Å². The Morgan fingerprint density at radius 3 is 1.91 bits per heavy atom. The zero-order valence-electron chi connectivity index (χ0n) is 45.4. The van der Waals surface area contributed by atoms with Crippen molar-refractivity contribution in [2.24, 2.45) is 17.6 Å². The number of benzene rings is 2. The predicted molar refractivity (Wildman–Crippen MR) is 280 cm³/mol. The number of carbonyl (C=O) groups excluding carboxylic acids is 10. The van der Waals surface area contributed by atoms with Crippen LogP contribution in [-0.2, 0) is 65.5 Å². The molecule has 14 N–H and O–H groups in total. The van der Waals surface area contributed by atoms with Gasteiger partial charge in [-0.25, -0.2) is 4.79 Å². The van der Waals surface area contributed by atoms with Gasteiger partial charge in [-0.3, -0.25) is 43.2 Å². The molecule has 0 aromatic heterocycles. The third kappa shape index (κ3) is 18.1. The lowest BCUT2D eigenvalue weighted by Crippen LogP contribution is -2.67. The summed E-state index contributed by atoms with van der Waals surface area (Å²) in [5.74, 6) is -11.7. The molecule has 26 heteroatoms. The Morgan fingerprint density at radius 1 is 0.772 bits per heavy atom. The summed E-state index contributed by atoms with van der Waals surface area (Å²) in [5, 5.41) is 76.9. The molecule has 2 aliphatic heterocycles. The maximum absolute atomic E-state index is 14.8. The second kappa shape index (κ2) is 29.5. The number of hydrogen-bond donors (Lipinski definition) is 13. The number of amides is 9. The van der Waals surface area contributed by atoms with Crippen LogP contribution in [0.15, 0.2) is 48.5 Å². The average molecular weight is 1110 g/mol. The van der Waals surface area contributed by atoms with Crippen LogP contribution in [0, 0.1) is 11.8 Å². The molecule has 2 saturated heterocycles. The van der Waals surface area contributed by atoms with Gasteiger partial charge in [-0.05, 0) is 99.6 Å². The molecule has 9 amide bonds. The van der Waals surface area contributed by atoms with Crippen LogP contribution in [0.5, 0.6) is 11.5 Å². The number of fused-ring (bicyclic) bond motifs is 2. The third-order valence-electron chi connectivity index (χ3n) is 13.9. The summed E-state index contributed by atoms with van der Waals surface area (Å²) in [4.78, 5) is 143. The van der Waals surface area contributed by atoms with Crippen molar-refractivity contribution in [1.29, 1.82) is 0 Å². The normalized spacial score (nSPS) is 24.7. The smallest absolute Gasteiger partial charge is 0.329 e. The Bertz CT molecular complexity index is 2480. The van der Waals surface area contributed by atoms with Crippen LogP contribution in [0.1, 0.15) is 97.6 Å². The molecule has 79 heavy (non-hydrogen) atoms. The first-order chi connectivity index (χ1) is 37.2.